The van der Waals surface area contributed by atoms with Crippen molar-refractivity contribution in [2.75, 3.05) is 13.1 Å². The van der Waals surface area contributed by atoms with Gasteiger partial charge in [-0.15, -0.1) is 0 Å². The summed E-state index contributed by atoms with van der Waals surface area (Å²) in [6.07, 6.45) is 2.29. The summed E-state index contributed by atoms with van der Waals surface area (Å²) < 4.78 is 2.87. The SMILES string of the molecule is CC(C)CN(CCC#N)C(=O)c1cc(Br)cn1C(C)C. The van der Waals surface area contributed by atoms with E-state index >= 15 is 0 Å². The van der Waals surface area contributed by atoms with E-state index in [1.165, 1.54) is 0 Å². The molecule has 0 unspecified atom stereocenters. The van der Waals surface area contributed by atoms with E-state index in [4.69, 9.17) is 5.26 Å². The minimum absolute atomic E-state index is 0.00616. The molecule has 1 rings (SSSR count). The van der Waals surface area contributed by atoms with Crippen LogP contribution in [0.3, 0.4) is 0 Å². The summed E-state index contributed by atoms with van der Waals surface area (Å²) in [5.41, 5.74) is 0.672. The first kappa shape index (κ1) is 16.8. The van der Waals surface area contributed by atoms with Crippen LogP contribution >= 0.6 is 15.9 Å². The van der Waals surface area contributed by atoms with Gasteiger partial charge in [0, 0.05) is 29.8 Å². The van der Waals surface area contributed by atoms with Crippen molar-refractivity contribution < 1.29 is 4.79 Å². The minimum atomic E-state index is -0.00616. The van der Waals surface area contributed by atoms with Gasteiger partial charge in [-0.25, -0.2) is 0 Å². The molecular weight excluding hydrogens is 318 g/mol. The molecule has 110 valence electrons. The smallest absolute Gasteiger partial charge is 0.270 e. The maximum absolute atomic E-state index is 12.7. The first-order valence-corrected chi connectivity index (χ1v) is 7.69. The summed E-state index contributed by atoms with van der Waals surface area (Å²) in [5.74, 6) is 0.372. The Labute approximate surface area is 129 Å². The van der Waals surface area contributed by atoms with Crippen LogP contribution in [0.25, 0.3) is 0 Å². The predicted molar refractivity (Wildman–Crippen MR) is 83.5 cm³/mol. The normalized spacial score (nSPS) is 10.9. The van der Waals surface area contributed by atoms with Gasteiger partial charge in [-0.2, -0.15) is 5.26 Å². The molecular formula is C15H22BrN3O. The number of rotatable bonds is 6. The zero-order valence-electron chi connectivity index (χ0n) is 12.6. The molecule has 0 atom stereocenters. The average molecular weight is 340 g/mol. The fourth-order valence-electron chi connectivity index (χ4n) is 2.11. The number of hydrogen-bond acceptors (Lipinski definition) is 2. The van der Waals surface area contributed by atoms with Crippen molar-refractivity contribution in [2.45, 2.75) is 40.2 Å². The first-order valence-electron chi connectivity index (χ1n) is 6.90. The lowest BCUT2D eigenvalue weighted by molar-refractivity contribution is 0.0727. The number of carbonyl (C=O) groups excluding carboxylic acids is 1. The lowest BCUT2D eigenvalue weighted by Gasteiger charge is -2.25. The summed E-state index contributed by atoms with van der Waals surface area (Å²) in [5, 5.41) is 8.75. The highest BCUT2D eigenvalue weighted by atomic mass is 79.9. The van der Waals surface area contributed by atoms with Gasteiger partial charge < -0.3 is 9.47 Å². The quantitative estimate of drug-likeness (QED) is 0.790. The Morgan fingerprint density at radius 2 is 2.10 bits per heavy atom. The maximum Gasteiger partial charge on any atom is 0.270 e. The number of nitrogens with zero attached hydrogens (tertiary/aromatic N) is 3. The molecule has 1 amide bonds. The molecule has 0 saturated carbocycles. The Morgan fingerprint density at radius 3 is 2.60 bits per heavy atom. The van der Waals surface area contributed by atoms with Crippen molar-refractivity contribution in [3.8, 4) is 6.07 Å². The van der Waals surface area contributed by atoms with Gasteiger partial charge in [-0.3, -0.25) is 4.79 Å². The second-order valence-corrected chi connectivity index (χ2v) is 6.51. The number of carbonyl (C=O) groups is 1. The van der Waals surface area contributed by atoms with Gasteiger partial charge in [-0.05, 0) is 41.8 Å². The van der Waals surface area contributed by atoms with Crippen LogP contribution in [0.1, 0.15) is 50.6 Å². The van der Waals surface area contributed by atoms with Crippen LogP contribution in [0.4, 0.5) is 0 Å². The monoisotopic (exact) mass is 339 g/mol. The topological polar surface area (TPSA) is 49.0 Å². The van der Waals surface area contributed by atoms with Gasteiger partial charge in [0.15, 0.2) is 0 Å². The van der Waals surface area contributed by atoms with E-state index < -0.39 is 0 Å². The third-order valence-corrected chi connectivity index (χ3v) is 3.39. The van der Waals surface area contributed by atoms with Gasteiger partial charge >= 0.3 is 0 Å². The minimum Gasteiger partial charge on any atom is -0.340 e. The van der Waals surface area contributed by atoms with Crippen molar-refractivity contribution >= 4 is 21.8 Å². The Balaban J connectivity index is 3.02. The van der Waals surface area contributed by atoms with E-state index in [1.807, 2.05) is 30.7 Å². The number of nitriles is 1. The molecule has 0 N–H and O–H groups in total. The van der Waals surface area contributed by atoms with Crippen LogP contribution in [0.2, 0.25) is 0 Å². The average Bonchev–Trinajstić information content (AvgIpc) is 2.75. The third kappa shape index (κ3) is 4.38. The zero-order valence-corrected chi connectivity index (χ0v) is 14.1. The Kier molecular flexibility index (Phi) is 6.28. The van der Waals surface area contributed by atoms with E-state index in [0.29, 0.717) is 31.1 Å². The Hall–Kier alpha value is -1.28. The van der Waals surface area contributed by atoms with Crippen molar-refractivity contribution in [1.82, 2.24) is 9.47 Å². The molecule has 0 aromatic carbocycles. The molecule has 0 aliphatic carbocycles. The fraction of sp³-hybridized carbons (Fsp3) is 0.600. The standard InChI is InChI=1S/C15H22BrN3O/c1-11(2)9-18(7-5-6-17)15(20)14-8-13(16)10-19(14)12(3)4/h8,10-12H,5,7,9H2,1-4H3. The molecule has 0 bridgehead atoms. The van der Waals surface area contributed by atoms with E-state index in [2.05, 4.69) is 35.8 Å². The summed E-state index contributed by atoms with van der Waals surface area (Å²) >= 11 is 3.43. The summed E-state index contributed by atoms with van der Waals surface area (Å²) in [7, 11) is 0. The number of hydrogen-bond donors (Lipinski definition) is 0. The van der Waals surface area contributed by atoms with Crippen molar-refractivity contribution in [3.05, 3.63) is 22.4 Å². The van der Waals surface area contributed by atoms with E-state index in [9.17, 15) is 4.79 Å². The highest BCUT2D eigenvalue weighted by molar-refractivity contribution is 9.10. The summed E-state index contributed by atoms with van der Waals surface area (Å²) in [6.45, 7) is 9.39. The van der Waals surface area contributed by atoms with Crippen molar-refractivity contribution in [1.29, 1.82) is 5.26 Å². The molecule has 0 aliphatic heterocycles. The molecule has 0 fully saturated rings. The molecule has 0 radical (unpaired) electrons. The van der Waals surface area contributed by atoms with Crippen LogP contribution in [-0.2, 0) is 0 Å². The highest BCUT2D eigenvalue weighted by Gasteiger charge is 2.21. The van der Waals surface area contributed by atoms with Crippen LogP contribution in [0.5, 0.6) is 0 Å². The first-order chi connectivity index (χ1) is 9.36. The van der Waals surface area contributed by atoms with Crippen LogP contribution in [0, 0.1) is 17.2 Å². The summed E-state index contributed by atoms with van der Waals surface area (Å²) in [4.78, 5) is 14.5. The highest BCUT2D eigenvalue weighted by Crippen LogP contribution is 2.21. The van der Waals surface area contributed by atoms with Gasteiger partial charge in [0.1, 0.15) is 5.69 Å². The lowest BCUT2D eigenvalue weighted by atomic mass is 10.2. The molecule has 1 heterocycles. The molecule has 0 saturated heterocycles. The lowest BCUT2D eigenvalue weighted by Crippen LogP contribution is -2.36. The third-order valence-electron chi connectivity index (χ3n) is 2.96. The molecule has 4 nitrogen and oxygen atoms in total. The molecule has 0 spiro atoms. The Morgan fingerprint density at radius 1 is 1.45 bits per heavy atom. The number of halogens is 1. The number of amides is 1. The van der Waals surface area contributed by atoms with Gasteiger partial charge in [0.05, 0.1) is 12.5 Å². The predicted octanol–water partition coefficient (Wildman–Crippen LogP) is 3.84. The largest absolute Gasteiger partial charge is 0.340 e. The van der Waals surface area contributed by atoms with Crippen molar-refractivity contribution in [3.63, 3.8) is 0 Å². The van der Waals surface area contributed by atoms with Gasteiger partial charge in [0.2, 0.25) is 0 Å². The van der Waals surface area contributed by atoms with Crippen LogP contribution in [0.15, 0.2) is 16.7 Å². The summed E-state index contributed by atoms with van der Waals surface area (Å²) in [6, 6.07) is 4.18. The zero-order chi connectivity index (χ0) is 15.3. The van der Waals surface area contributed by atoms with E-state index in [0.717, 1.165) is 4.47 Å². The second-order valence-electron chi connectivity index (χ2n) is 5.60. The molecule has 0 aliphatic rings. The second kappa shape index (κ2) is 7.49. The molecule has 1 aromatic heterocycles. The van der Waals surface area contributed by atoms with E-state index in [1.54, 1.807) is 4.90 Å². The fourth-order valence-corrected chi connectivity index (χ4v) is 2.55. The van der Waals surface area contributed by atoms with Gasteiger partial charge in [-0.1, -0.05) is 13.8 Å². The number of aromatic nitrogens is 1. The van der Waals surface area contributed by atoms with E-state index in [-0.39, 0.29) is 11.9 Å². The van der Waals surface area contributed by atoms with Crippen molar-refractivity contribution in [2.24, 2.45) is 5.92 Å². The Bertz CT molecular complexity index is 500. The van der Waals surface area contributed by atoms with Crippen LogP contribution < -0.4 is 0 Å². The molecule has 5 heteroatoms. The molecule has 20 heavy (non-hydrogen) atoms. The molecule has 1 aromatic rings. The van der Waals surface area contributed by atoms with Gasteiger partial charge in [0.25, 0.3) is 5.91 Å². The van der Waals surface area contributed by atoms with Crippen LogP contribution in [-0.4, -0.2) is 28.5 Å². The maximum atomic E-state index is 12.7.